The van der Waals surface area contributed by atoms with Crippen molar-refractivity contribution in [3.05, 3.63) is 0 Å². The van der Waals surface area contributed by atoms with Crippen LogP contribution in [0.1, 0.15) is 41.5 Å². The maximum Gasteiger partial charge on any atom is 0.408 e. The van der Waals surface area contributed by atoms with E-state index in [2.05, 4.69) is 5.32 Å². The Morgan fingerprint density at radius 3 is 2.00 bits per heavy atom. The molecule has 0 saturated heterocycles. The van der Waals surface area contributed by atoms with Crippen LogP contribution in [0, 0.1) is 0 Å². The lowest BCUT2D eigenvalue weighted by atomic mass is 10.0. The molecule has 0 aromatic rings. The zero-order chi connectivity index (χ0) is 15.3. The molecule has 0 saturated carbocycles. The summed E-state index contributed by atoms with van der Waals surface area (Å²) in [5, 5.41) is 2.48. The highest BCUT2D eigenvalue weighted by molar-refractivity contribution is 5.77. The highest BCUT2D eigenvalue weighted by Crippen LogP contribution is 2.13. The van der Waals surface area contributed by atoms with Crippen molar-refractivity contribution in [2.75, 3.05) is 13.2 Å². The lowest BCUT2D eigenvalue weighted by molar-refractivity contribution is -0.118. The fraction of sp³-hybridized carbons (Fsp3) is 0.846. The molecule has 6 heteroatoms. The number of carbonyl (C=O) groups is 2. The van der Waals surface area contributed by atoms with Crippen molar-refractivity contribution in [1.29, 1.82) is 0 Å². The van der Waals surface area contributed by atoms with E-state index in [0.717, 1.165) is 0 Å². The highest BCUT2D eigenvalue weighted by atomic mass is 16.6. The van der Waals surface area contributed by atoms with Gasteiger partial charge in [-0.2, -0.15) is 0 Å². The molecule has 3 N–H and O–H groups in total. The molecular formula is C13H26N2O4. The second kappa shape index (κ2) is 6.34. The summed E-state index contributed by atoms with van der Waals surface area (Å²) in [6, 6.07) is 0. The van der Waals surface area contributed by atoms with E-state index in [1.807, 2.05) is 20.8 Å². The second-order valence-electron chi connectivity index (χ2n) is 6.51. The normalized spacial score (nSPS) is 15.5. The van der Waals surface area contributed by atoms with E-state index in [1.165, 1.54) is 0 Å². The minimum absolute atomic E-state index is 0.00422. The van der Waals surface area contributed by atoms with E-state index in [9.17, 15) is 9.59 Å². The quantitative estimate of drug-likeness (QED) is 0.736. The molecule has 1 unspecified atom stereocenters. The number of hydrogen-bond acceptors (Lipinski definition) is 5. The van der Waals surface area contributed by atoms with Gasteiger partial charge < -0.3 is 25.3 Å². The molecule has 0 aromatic heterocycles. The average Bonchev–Trinajstić information content (AvgIpc) is 2.20. The Balaban J connectivity index is 4.71. The van der Waals surface area contributed by atoms with Gasteiger partial charge in [-0.3, -0.25) is 0 Å². The fourth-order valence-electron chi connectivity index (χ4n) is 1.11. The van der Waals surface area contributed by atoms with Gasteiger partial charge >= 0.3 is 6.09 Å². The van der Waals surface area contributed by atoms with Crippen LogP contribution in [-0.2, 0) is 14.3 Å². The summed E-state index contributed by atoms with van der Waals surface area (Å²) in [7, 11) is 0. The molecule has 0 aliphatic carbocycles. The topological polar surface area (TPSA) is 90.6 Å². The smallest absolute Gasteiger partial charge is 0.408 e. The first-order valence-electron chi connectivity index (χ1n) is 6.24. The van der Waals surface area contributed by atoms with Gasteiger partial charge in [0, 0.05) is 6.54 Å². The molecule has 112 valence electrons. The van der Waals surface area contributed by atoms with Gasteiger partial charge in [0.2, 0.25) is 0 Å². The standard InChI is InChI=1S/C13H26N2O4/c1-11(2,3)18-9-13(7-14,8-16)15-10(17)19-12(4,5)6/h8H,7,9,14H2,1-6H3,(H,15,17). The number of nitrogens with two attached hydrogens (primary N) is 1. The number of hydrogen-bond donors (Lipinski definition) is 2. The molecule has 1 atom stereocenters. The summed E-state index contributed by atoms with van der Waals surface area (Å²) in [6.45, 7) is 10.7. The van der Waals surface area contributed by atoms with Gasteiger partial charge in [0.15, 0.2) is 0 Å². The van der Waals surface area contributed by atoms with Crippen LogP contribution >= 0.6 is 0 Å². The van der Waals surface area contributed by atoms with Crippen LogP contribution in [0.4, 0.5) is 4.79 Å². The molecule has 0 bridgehead atoms. The van der Waals surface area contributed by atoms with E-state index in [-0.39, 0.29) is 13.2 Å². The predicted molar refractivity (Wildman–Crippen MR) is 72.9 cm³/mol. The Kier molecular flexibility index (Phi) is 5.96. The third-order valence-corrected chi connectivity index (χ3v) is 2.10. The van der Waals surface area contributed by atoms with Crippen molar-refractivity contribution in [3.63, 3.8) is 0 Å². The van der Waals surface area contributed by atoms with E-state index >= 15 is 0 Å². The van der Waals surface area contributed by atoms with Gasteiger partial charge in [-0.05, 0) is 41.5 Å². The summed E-state index contributed by atoms with van der Waals surface area (Å²) in [6.07, 6.45) is -0.106. The highest BCUT2D eigenvalue weighted by Gasteiger charge is 2.34. The minimum Gasteiger partial charge on any atom is -0.444 e. The van der Waals surface area contributed by atoms with Gasteiger partial charge in [-0.1, -0.05) is 0 Å². The lowest BCUT2D eigenvalue weighted by Gasteiger charge is -2.32. The zero-order valence-corrected chi connectivity index (χ0v) is 12.7. The van der Waals surface area contributed by atoms with Gasteiger partial charge in [0.05, 0.1) is 12.2 Å². The van der Waals surface area contributed by atoms with Crippen molar-refractivity contribution < 1.29 is 19.1 Å². The Morgan fingerprint density at radius 2 is 1.68 bits per heavy atom. The van der Waals surface area contributed by atoms with Crippen LogP contribution in [-0.4, -0.2) is 42.3 Å². The largest absolute Gasteiger partial charge is 0.444 e. The van der Waals surface area contributed by atoms with E-state index in [4.69, 9.17) is 15.2 Å². The molecule has 1 amide bonds. The molecule has 0 rings (SSSR count). The summed E-state index contributed by atoms with van der Waals surface area (Å²) < 4.78 is 10.6. The second-order valence-corrected chi connectivity index (χ2v) is 6.51. The maximum atomic E-state index is 11.7. The van der Waals surface area contributed by atoms with E-state index in [1.54, 1.807) is 20.8 Å². The molecule has 19 heavy (non-hydrogen) atoms. The predicted octanol–water partition coefficient (Wildman–Crippen LogP) is 1.22. The molecule has 6 nitrogen and oxygen atoms in total. The first-order chi connectivity index (χ1) is 8.43. The number of nitrogens with one attached hydrogen (secondary N) is 1. The van der Waals surface area contributed by atoms with Crippen molar-refractivity contribution in [1.82, 2.24) is 5.32 Å². The Labute approximate surface area is 115 Å². The third kappa shape index (κ3) is 7.79. The monoisotopic (exact) mass is 274 g/mol. The summed E-state index contributed by atoms with van der Waals surface area (Å²) in [4.78, 5) is 23.0. The van der Waals surface area contributed by atoms with Crippen LogP contribution in [0.25, 0.3) is 0 Å². The van der Waals surface area contributed by atoms with Crippen LogP contribution in [0.2, 0.25) is 0 Å². The Bertz CT molecular complexity index is 318. The van der Waals surface area contributed by atoms with Crippen LogP contribution in [0.15, 0.2) is 0 Å². The van der Waals surface area contributed by atoms with Crippen molar-refractivity contribution >= 4 is 12.4 Å². The first-order valence-corrected chi connectivity index (χ1v) is 6.24. The van der Waals surface area contributed by atoms with Crippen LogP contribution < -0.4 is 11.1 Å². The fourth-order valence-corrected chi connectivity index (χ4v) is 1.11. The van der Waals surface area contributed by atoms with Gasteiger partial charge in [0.1, 0.15) is 17.4 Å². The average molecular weight is 274 g/mol. The summed E-state index contributed by atoms with van der Waals surface area (Å²) >= 11 is 0. The third-order valence-electron chi connectivity index (χ3n) is 2.10. The minimum atomic E-state index is -1.27. The molecule has 0 radical (unpaired) electrons. The zero-order valence-electron chi connectivity index (χ0n) is 12.7. The molecule has 0 heterocycles. The van der Waals surface area contributed by atoms with Crippen molar-refractivity contribution in [2.45, 2.75) is 58.3 Å². The molecule has 0 aliphatic rings. The number of alkyl carbamates (subject to hydrolysis) is 1. The molecule has 0 fully saturated rings. The maximum absolute atomic E-state index is 11.7. The number of rotatable bonds is 5. The SMILES string of the molecule is CC(C)(C)OCC(C=O)(CN)NC(=O)OC(C)(C)C. The summed E-state index contributed by atoms with van der Waals surface area (Å²) in [5.74, 6) is 0. The number of amides is 1. The molecule has 0 spiro atoms. The van der Waals surface area contributed by atoms with Gasteiger partial charge in [0.25, 0.3) is 0 Å². The van der Waals surface area contributed by atoms with Crippen LogP contribution in [0.3, 0.4) is 0 Å². The van der Waals surface area contributed by atoms with Gasteiger partial charge in [-0.25, -0.2) is 4.79 Å². The lowest BCUT2D eigenvalue weighted by Crippen LogP contribution is -2.59. The number of aldehydes is 1. The molecule has 0 aliphatic heterocycles. The molecular weight excluding hydrogens is 248 g/mol. The van der Waals surface area contributed by atoms with Crippen molar-refractivity contribution in [2.24, 2.45) is 5.73 Å². The number of ether oxygens (including phenoxy) is 2. The van der Waals surface area contributed by atoms with E-state index in [0.29, 0.717) is 6.29 Å². The number of carbonyl (C=O) groups excluding carboxylic acids is 2. The van der Waals surface area contributed by atoms with Crippen LogP contribution in [0.5, 0.6) is 0 Å². The van der Waals surface area contributed by atoms with Crippen molar-refractivity contribution in [3.8, 4) is 0 Å². The molecule has 0 aromatic carbocycles. The summed E-state index contributed by atoms with van der Waals surface area (Å²) in [5.41, 5.74) is 3.24. The Morgan fingerprint density at radius 1 is 1.16 bits per heavy atom. The van der Waals surface area contributed by atoms with E-state index < -0.39 is 22.8 Å². The Hall–Kier alpha value is -1.14. The first kappa shape index (κ1) is 17.9. The van der Waals surface area contributed by atoms with Gasteiger partial charge in [-0.15, -0.1) is 0 Å².